The third kappa shape index (κ3) is 3.46. The Labute approximate surface area is 101 Å². The fourth-order valence-corrected chi connectivity index (χ4v) is 3.39. The van der Waals surface area contributed by atoms with Crippen LogP contribution in [0.3, 0.4) is 0 Å². The molecular formula is C14H28N2. The lowest BCUT2D eigenvalue weighted by Gasteiger charge is -2.36. The number of nitrogens with one attached hydrogen (secondary N) is 1. The van der Waals surface area contributed by atoms with Crippen molar-refractivity contribution >= 4 is 0 Å². The van der Waals surface area contributed by atoms with Gasteiger partial charge in [-0.15, -0.1) is 0 Å². The number of piperidine rings is 1. The minimum atomic E-state index is 0.714. The van der Waals surface area contributed by atoms with E-state index in [0.717, 1.165) is 12.0 Å². The summed E-state index contributed by atoms with van der Waals surface area (Å²) >= 11 is 0. The quantitative estimate of drug-likeness (QED) is 0.793. The van der Waals surface area contributed by atoms with E-state index < -0.39 is 0 Å². The molecule has 2 fully saturated rings. The van der Waals surface area contributed by atoms with E-state index in [1.165, 1.54) is 58.0 Å². The zero-order valence-corrected chi connectivity index (χ0v) is 11.0. The molecule has 1 saturated carbocycles. The fourth-order valence-electron chi connectivity index (χ4n) is 3.39. The van der Waals surface area contributed by atoms with Gasteiger partial charge < -0.3 is 10.2 Å². The second-order valence-electron chi connectivity index (χ2n) is 5.95. The van der Waals surface area contributed by atoms with E-state index in [4.69, 9.17) is 0 Å². The lowest BCUT2D eigenvalue weighted by molar-refractivity contribution is 0.168. The summed E-state index contributed by atoms with van der Waals surface area (Å²) in [6.07, 6.45) is 9.96. The fraction of sp³-hybridized carbons (Fsp3) is 1.00. The summed E-state index contributed by atoms with van der Waals surface area (Å²) in [4.78, 5) is 2.49. The van der Waals surface area contributed by atoms with Gasteiger partial charge in [-0.1, -0.05) is 19.3 Å². The molecule has 0 bridgehead atoms. The number of rotatable bonds is 3. The van der Waals surface area contributed by atoms with Gasteiger partial charge in [-0.2, -0.15) is 0 Å². The molecule has 16 heavy (non-hydrogen) atoms. The highest BCUT2D eigenvalue weighted by Gasteiger charge is 2.24. The van der Waals surface area contributed by atoms with Crippen molar-refractivity contribution in [1.29, 1.82) is 0 Å². The summed E-state index contributed by atoms with van der Waals surface area (Å²) < 4.78 is 0. The van der Waals surface area contributed by atoms with Gasteiger partial charge in [-0.25, -0.2) is 0 Å². The lowest BCUT2D eigenvalue weighted by atomic mass is 9.89. The monoisotopic (exact) mass is 224 g/mol. The van der Waals surface area contributed by atoms with Crippen LogP contribution in [-0.2, 0) is 0 Å². The minimum Gasteiger partial charge on any atom is -0.311 e. The van der Waals surface area contributed by atoms with E-state index in [9.17, 15) is 0 Å². The Kier molecular flexibility index (Phi) is 4.66. The first kappa shape index (κ1) is 12.4. The van der Waals surface area contributed by atoms with E-state index in [2.05, 4.69) is 24.2 Å². The zero-order valence-electron chi connectivity index (χ0n) is 11.0. The summed E-state index contributed by atoms with van der Waals surface area (Å²) in [7, 11) is 2.26. The number of likely N-dealkylation sites (tertiary alicyclic amines) is 1. The van der Waals surface area contributed by atoms with Crippen molar-refractivity contribution in [2.24, 2.45) is 5.92 Å². The first-order valence-corrected chi connectivity index (χ1v) is 7.20. The van der Waals surface area contributed by atoms with Crippen LogP contribution in [0.4, 0.5) is 0 Å². The molecule has 2 heteroatoms. The first-order valence-electron chi connectivity index (χ1n) is 7.20. The van der Waals surface area contributed by atoms with Crippen molar-refractivity contribution in [3.8, 4) is 0 Å². The van der Waals surface area contributed by atoms with Crippen molar-refractivity contribution in [3.05, 3.63) is 0 Å². The smallest absolute Gasteiger partial charge is 0.00818 e. The molecule has 2 nitrogen and oxygen atoms in total. The van der Waals surface area contributed by atoms with Crippen LogP contribution in [0.5, 0.6) is 0 Å². The maximum absolute atomic E-state index is 3.88. The van der Waals surface area contributed by atoms with E-state index in [0.29, 0.717) is 6.04 Å². The van der Waals surface area contributed by atoms with E-state index >= 15 is 0 Å². The number of hydrogen-bond acceptors (Lipinski definition) is 2. The topological polar surface area (TPSA) is 15.3 Å². The van der Waals surface area contributed by atoms with Gasteiger partial charge in [0.2, 0.25) is 0 Å². The van der Waals surface area contributed by atoms with Gasteiger partial charge in [0.05, 0.1) is 0 Å². The lowest BCUT2D eigenvalue weighted by Crippen LogP contribution is -2.47. The standard InChI is InChI=1S/C14H28N2/c1-12(13-7-6-10-16(2)11-13)15-14-8-4-3-5-9-14/h12-15H,3-11H2,1-2H3. The molecule has 1 N–H and O–H groups in total. The third-order valence-corrected chi connectivity index (χ3v) is 4.47. The summed E-state index contributed by atoms with van der Waals surface area (Å²) in [5.41, 5.74) is 0. The molecule has 2 unspecified atom stereocenters. The third-order valence-electron chi connectivity index (χ3n) is 4.47. The minimum absolute atomic E-state index is 0.714. The van der Waals surface area contributed by atoms with E-state index in [1.807, 2.05) is 0 Å². The van der Waals surface area contributed by atoms with Crippen molar-refractivity contribution in [2.75, 3.05) is 20.1 Å². The molecule has 0 aromatic rings. The SMILES string of the molecule is CC(NC1CCCCC1)C1CCCN(C)C1. The summed E-state index contributed by atoms with van der Waals surface area (Å²) in [5.74, 6) is 0.876. The van der Waals surface area contributed by atoms with Crippen LogP contribution >= 0.6 is 0 Å². The second-order valence-corrected chi connectivity index (χ2v) is 5.95. The van der Waals surface area contributed by atoms with Crippen molar-refractivity contribution in [2.45, 2.75) is 64.0 Å². The first-order chi connectivity index (χ1) is 7.75. The molecule has 0 spiro atoms. The maximum Gasteiger partial charge on any atom is 0.00818 e. The van der Waals surface area contributed by atoms with Crippen LogP contribution in [-0.4, -0.2) is 37.1 Å². The van der Waals surface area contributed by atoms with Crippen LogP contribution in [0.1, 0.15) is 51.9 Å². The second kappa shape index (κ2) is 6.02. The average Bonchev–Trinajstić information content (AvgIpc) is 2.30. The molecule has 0 radical (unpaired) electrons. The van der Waals surface area contributed by atoms with Crippen LogP contribution in [0.15, 0.2) is 0 Å². The van der Waals surface area contributed by atoms with Gasteiger partial charge >= 0.3 is 0 Å². The van der Waals surface area contributed by atoms with Crippen LogP contribution in [0.2, 0.25) is 0 Å². The summed E-state index contributed by atoms with van der Waals surface area (Å²) in [5, 5.41) is 3.88. The van der Waals surface area contributed by atoms with Gasteiger partial charge in [-0.05, 0) is 52.1 Å². The van der Waals surface area contributed by atoms with Gasteiger partial charge in [0, 0.05) is 18.6 Å². The molecular weight excluding hydrogens is 196 g/mol. The Morgan fingerprint density at radius 2 is 1.81 bits per heavy atom. The van der Waals surface area contributed by atoms with Crippen molar-refractivity contribution in [3.63, 3.8) is 0 Å². The van der Waals surface area contributed by atoms with Gasteiger partial charge in [0.1, 0.15) is 0 Å². The highest BCUT2D eigenvalue weighted by molar-refractivity contribution is 4.83. The zero-order chi connectivity index (χ0) is 11.4. The van der Waals surface area contributed by atoms with Crippen molar-refractivity contribution in [1.82, 2.24) is 10.2 Å². The average molecular weight is 224 g/mol. The summed E-state index contributed by atoms with van der Waals surface area (Å²) in [6, 6.07) is 1.53. The number of nitrogens with zero attached hydrogens (tertiary/aromatic N) is 1. The summed E-state index contributed by atoms with van der Waals surface area (Å²) in [6.45, 7) is 4.99. The molecule has 2 rings (SSSR count). The molecule has 0 aromatic carbocycles. The number of hydrogen-bond donors (Lipinski definition) is 1. The Balaban J connectivity index is 1.75. The predicted octanol–water partition coefficient (Wildman–Crippen LogP) is 2.64. The van der Waals surface area contributed by atoms with Crippen LogP contribution in [0, 0.1) is 5.92 Å². The normalized spacial score (nSPS) is 31.5. The molecule has 1 aliphatic carbocycles. The Bertz CT molecular complexity index is 199. The maximum atomic E-state index is 3.88. The van der Waals surface area contributed by atoms with Gasteiger partial charge in [0.15, 0.2) is 0 Å². The van der Waals surface area contributed by atoms with Gasteiger partial charge in [-0.3, -0.25) is 0 Å². The Morgan fingerprint density at radius 3 is 2.50 bits per heavy atom. The molecule has 1 heterocycles. The molecule has 0 aromatic heterocycles. The highest BCUT2D eigenvalue weighted by Crippen LogP contribution is 2.22. The molecule has 0 amide bonds. The molecule has 2 aliphatic rings. The van der Waals surface area contributed by atoms with Crippen LogP contribution in [0.25, 0.3) is 0 Å². The molecule has 1 saturated heterocycles. The molecule has 2 atom stereocenters. The highest BCUT2D eigenvalue weighted by atomic mass is 15.1. The predicted molar refractivity (Wildman–Crippen MR) is 69.7 cm³/mol. The molecule has 94 valence electrons. The van der Waals surface area contributed by atoms with Crippen molar-refractivity contribution < 1.29 is 0 Å². The van der Waals surface area contributed by atoms with Crippen LogP contribution < -0.4 is 5.32 Å². The largest absolute Gasteiger partial charge is 0.311 e. The van der Waals surface area contributed by atoms with Gasteiger partial charge in [0.25, 0.3) is 0 Å². The Hall–Kier alpha value is -0.0800. The Morgan fingerprint density at radius 1 is 1.06 bits per heavy atom. The van der Waals surface area contributed by atoms with E-state index in [-0.39, 0.29) is 0 Å². The van der Waals surface area contributed by atoms with E-state index in [1.54, 1.807) is 0 Å². The molecule has 1 aliphatic heterocycles.